The molecule has 3 nitrogen and oxygen atoms in total. The number of hydrogen-bond acceptors (Lipinski definition) is 2. The van der Waals surface area contributed by atoms with Crippen LogP contribution in [0, 0.1) is 5.92 Å². The van der Waals surface area contributed by atoms with Gasteiger partial charge in [-0.25, -0.2) is 0 Å². The quantitative estimate of drug-likeness (QED) is 0.496. The van der Waals surface area contributed by atoms with Crippen LogP contribution in [-0.4, -0.2) is 23.3 Å². The molecule has 2 amide bonds. The first-order valence-electron chi connectivity index (χ1n) is 3.51. The molecule has 0 N–H and O–H groups in total. The molecule has 1 fully saturated rings. The van der Waals surface area contributed by atoms with Gasteiger partial charge in [0.15, 0.2) is 0 Å². The van der Waals surface area contributed by atoms with Gasteiger partial charge in [-0.2, -0.15) is 0 Å². The Kier molecular flexibility index (Phi) is 1.74. The van der Waals surface area contributed by atoms with Gasteiger partial charge in [-0.15, -0.1) is 0 Å². The molecule has 1 aliphatic rings. The highest BCUT2D eigenvalue weighted by Gasteiger charge is 2.33. The van der Waals surface area contributed by atoms with Gasteiger partial charge in [0.1, 0.15) is 0 Å². The number of carbonyl (C=O) groups is 2. The minimum atomic E-state index is -0.0903. The average Bonchev–Trinajstić information content (AvgIpc) is 2.09. The SMILES string of the molecule is CCN1C(=O)C[C@H](C)C1=O. The average molecular weight is 141 g/mol. The lowest BCUT2D eigenvalue weighted by atomic mass is 10.1. The van der Waals surface area contributed by atoms with Crippen LogP contribution in [0.15, 0.2) is 0 Å². The zero-order valence-electron chi connectivity index (χ0n) is 6.26. The largest absolute Gasteiger partial charge is 0.283 e. The second kappa shape index (κ2) is 2.40. The van der Waals surface area contributed by atoms with Crippen LogP contribution in [-0.2, 0) is 9.59 Å². The monoisotopic (exact) mass is 141 g/mol. The van der Waals surface area contributed by atoms with E-state index in [4.69, 9.17) is 0 Å². The second-order valence-electron chi connectivity index (χ2n) is 2.58. The van der Waals surface area contributed by atoms with Crippen molar-refractivity contribution >= 4 is 11.8 Å². The maximum atomic E-state index is 11.1. The number of rotatable bonds is 1. The van der Waals surface area contributed by atoms with E-state index in [9.17, 15) is 9.59 Å². The van der Waals surface area contributed by atoms with Gasteiger partial charge in [-0.3, -0.25) is 14.5 Å². The van der Waals surface area contributed by atoms with E-state index in [0.717, 1.165) is 0 Å². The van der Waals surface area contributed by atoms with Crippen LogP contribution in [0.25, 0.3) is 0 Å². The number of nitrogens with zero attached hydrogens (tertiary/aromatic N) is 1. The van der Waals surface area contributed by atoms with Crippen LogP contribution in [0.2, 0.25) is 0 Å². The maximum absolute atomic E-state index is 11.1. The molecule has 0 spiro atoms. The number of carbonyl (C=O) groups excluding carboxylic acids is 2. The van der Waals surface area contributed by atoms with Crippen molar-refractivity contribution in [3.63, 3.8) is 0 Å². The zero-order chi connectivity index (χ0) is 7.72. The molecule has 1 aliphatic heterocycles. The molecule has 0 radical (unpaired) electrons. The molecule has 0 aliphatic carbocycles. The Morgan fingerprint density at radius 1 is 1.60 bits per heavy atom. The lowest BCUT2D eigenvalue weighted by Gasteiger charge is -2.09. The summed E-state index contributed by atoms with van der Waals surface area (Å²) < 4.78 is 0. The molecular formula is C7H11NO2. The summed E-state index contributed by atoms with van der Waals surface area (Å²) >= 11 is 0. The van der Waals surface area contributed by atoms with Gasteiger partial charge in [-0.1, -0.05) is 6.92 Å². The van der Waals surface area contributed by atoms with Crippen LogP contribution in [0.4, 0.5) is 0 Å². The third-order valence-corrected chi connectivity index (χ3v) is 1.79. The van der Waals surface area contributed by atoms with Crippen LogP contribution in [0.3, 0.4) is 0 Å². The van der Waals surface area contributed by atoms with Crippen molar-refractivity contribution in [2.75, 3.05) is 6.54 Å². The van der Waals surface area contributed by atoms with Crippen LogP contribution >= 0.6 is 0 Å². The highest BCUT2D eigenvalue weighted by molar-refractivity contribution is 6.03. The number of imide groups is 1. The number of likely N-dealkylation sites (tertiary alicyclic amines) is 1. The predicted molar refractivity (Wildman–Crippen MR) is 36.2 cm³/mol. The van der Waals surface area contributed by atoms with Crippen molar-refractivity contribution < 1.29 is 9.59 Å². The highest BCUT2D eigenvalue weighted by atomic mass is 16.2. The Morgan fingerprint density at radius 2 is 2.20 bits per heavy atom. The van der Waals surface area contributed by atoms with Gasteiger partial charge in [0.2, 0.25) is 11.8 Å². The van der Waals surface area contributed by atoms with Crippen LogP contribution < -0.4 is 0 Å². The molecule has 1 saturated heterocycles. The Morgan fingerprint density at radius 3 is 2.40 bits per heavy atom. The lowest BCUT2D eigenvalue weighted by molar-refractivity contribution is -0.138. The second-order valence-corrected chi connectivity index (χ2v) is 2.58. The fourth-order valence-corrected chi connectivity index (χ4v) is 1.18. The molecule has 0 aromatic heterocycles. The molecule has 0 saturated carbocycles. The first-order chi connectivity index (χ1) is 4.66. The Hall–Kier alpha value is -0.860. The summed E-state index contributed by atoms with van der Waals surface area (Å²) in [6.45, 7) is 4.12. The number of amides is 2. The first-order valence-corrected chi connectivity index (χ1v) is 3.51. The van der Waals surface area contributed by atoms with E-state index in [1.54, 1.807) is 6.92 Å². The Labute approximate surface area is 60.0 Å². The van der Waals surface area contributed by atoms with Gasteiger partial charge >= 0.3 is 0 Å². The molecule has 1 rings (SSSR count). The minimum absolute atomic E-state index is 0.0208. The summed E-state index contributed by atoms with van der Waals surface area (Å²) in [4.78, 5) is 23.3. The third-order valence-electron chi connectivity index (χ3n) is 1.79. The highest BCUT2D eigenvalue weighted by Crippen LogP contribution is 2.17. The molecule has 1 heterocycles. The van der Waals surface area contributed by atoms with Gasteiger partial charge in [-0.05, 0) is 6.92 Å². The topological polar surface area (TPSA) is 37.4 Å². The summed E-state index contributed by atoms with van der Waals surface area (Å²) in [7, 11) is 0. The van der Waals surface area contributed by atoms with Crippen molar-refractivity contribution in [3.8, 4) is 0 Å². The fourth-order valence-electron chi connectivity index (χ4n) is 1.18. The van der Waals surface area contributed by atoms with Crippen molar-refractivity contribution in [3.05, 3.63) is 0 Å². The van der Waals surface area contributed by atoms with E-state index >= 15 is 0 Å². The summed E-state index contributed by atoms with van der Waals surface area (Å²) in [5.41, 5.74) is 0. The van der Waals surface area contributed by atoms with Crippen LogP contribution in [0.1, 0.15) is 20.3 Å². The lowest BCUT2D eigenvalue weighted by Crippen LogP contribution is -2.29. The molecule has 10 heavy (non-hydrogen) atoms. The van der Waals surface area contributed by atoms with Crippen LogP contribution in [0.5, 0.6) is 0 Å². The van der Waals surface area contributed by atoms with E-state index in [1.807, 2.05) is 6.92 Å². The van der Waals surface area contributed by atoms with E-state index in [1.165, 1.54) is 4.90 Å². The van der Waals surface area contributed by atoms with Gasteiger partial charge in [0, 0.05) is 18.9 Å². The maximum Gasteiger partial charge on any atom is 0.232 e. The van der Waals surface area contributed by atoms with Gasteiger partial charge in [0.05, 0.1) is 0 Å². The van der Waals surface area contributed by atoms with Crippen molar-refractivity contribution in [1.82, 2.24) is 4.90 Å². The first kappa shape index (κ1) is 7.25. The molecule has 0 aromatic rings. The summed E-state index contributed by atoms with van der Waals surface area (Å²) in [6, 6.07) is 0. The molecule has 3 heteroatoms. The summed E-state index contributed by atoms with van der Waals surface area (Å²) in [5, 5.41) is 0. The molecule has 0 bridgehead atoms. The number of hydrogen-bond donors (Lipinski definition) is 0. The van der Waals surface area contributed by atoms with E-state index in [2.05, 4.69) is 0 Å². The Bertz CT molecular complexity index is 176. The van der Waals surface area contributed by atoms with Gasteiger partial charge in [0.25, 0.3) is 0 Å². The standard InChI is InChI=1S/C7H11NO2/c1-3-8-6(9)4-5(2)7(8)10/h5H,3-4H2,1-2H3/t5-/m0/s1. The van der Waals surface area contributed by atoms with E-state index in [-0.39, 0.29) is 17.7 Å². The van der Waals surface area contributed by atoms with Gasteiger partial charge < -0.3 is 0 Å². The molecule has 0 unspecified atom stereocenters. The smallest absolute Gasteiger partial charge is 0.232 e. The molecule has 1 atom stereocenters. The van der Waals surface area contributed by atoms with Crippen molar-refractivity contribution in [2.24, 2.45) is 5.92 Å². The normalized spacial score (nSPS) is 26.2. The van der Waals surface area contributed by atoms with E-state index in [0.29, 0.717) is 13.0 Å². The molecule has 0 aromatic carbocycles. The van der Waals surface area contributed by atoms with E-state index < -0.39 is 0 Å². The minimum Gasteiger partial charge on any atom is -0.283 e. The summed E-state index contributed by atoms with van der Waals surface area (Å²) in [6.07, 6.45) is 0.396. The fraction of sp³-hybridized carbons (Fsp3) is 0.714. The summed E-state index contributed by atoms with van der Waals surface area (Å²) in [5.74, 6) is -0.139. The predicted octanol–water partition coefficient (Wildman–Crippen LogP) is 0.401. The third kappa shape index (κ3) is 0.916. The van der Waals surface area contributed by atoms with Crippen molar-refractivity contribution in [1.29, 1.82) is 0 Å². The zero-order valence-corrected chi connectivity index (χ0v) is 6.26. The molecule has 56 valence electrons. The Balaban J connectivity index is 2.74. The van der Waals surface area contributed by atoms with Crippen molar-refractivity contribution in [2.45, 2.75) is 20.3 Å². The molecular weight excluding hydrogens is 130 g/mol.